The van der Waals surface area contributed by atoms with E-state index in [9.17, 15) is 5.11 Å². The van der Waals surface area contributed by atoms with E-state index in [-0.39, 0.29) is 6.61 Å². The third-order valence-electron chi connectivity index (χ3n) is 6.53. The van der Waals surface area contributed by atoms with E-state index in [1.54, 1.807) is 7.11 Å². The van der Waals surface area contributed by atoms with Crippen molar-refractivity contribution in [1.29, 1.82) is 0 Å². The second-order valence-electron chi connectivity index (χ2n) is 9.14. The Balaban J connectivity index is 1.28. The SMILES string of the molecule is COc1ccc(CNC(C2CC2)C2CC2)cc1OCC(O)CN1CCN(C)CC1. The van der Waals surface area contributed by atoms with Gasteiger partial charge in [-0.3, -0.25) is 4.90 Å². The van der Waals surface area contributed by atoms with Crippen LogP contribution in [0.3, 0.4) is 0 Å². The molecule has 1 saturated heterocycles. The summed E-state index contributed by atoms with van der Waals surface area (Å²) in [7, 11) is 3.81. The molecule has 6 nitrogen and oxygen atoms in total. The highest BCUT2D eigenvalue weighted by Gasteiger charge is 2.40. The van der Waals surface area contributed by atoms with E-state index in [0.29, 0.717) is 12.6 Å². The lowest BCUT2D eigenvalue weighted by Crippen LogP contribution is -2.47. The van der Waals surface area contributed by atoms with Gasteiger partial charge in [-0.15, -0.1) is 0 Å². The monoisotopic (exact) mass is 403 g/mol. The molecule has 0 bridgehead atoms. The third kappa shape index (κ3) is 6.07. The number of aliphatic hydroxyl groups excluding tert-OH is 1. The summed E-state index contributed by atoms with van der Waals surface area (Å²) in [4.78, 5) is 4.63. The molecule has 0 amide bonds. The Labute approximate surface area is 175 Å². The van der Waals surface area contributed by atoms with Crippen molar-refractivity contribution < 1.29 is 14.6 Å². The molecule has 2 saturated carbocycles. The van der Waals surface area contributed by atoms with Crippen LogP contribution in [0.25, 0.3) is 0 Å². The molecule has 0 radical (unpaired) electrons. The summed E-state index contributed by atoms with van der Waals surface area (Å²) >= 11 is 0. The molecular weight excluding hydrogens is 366 g/mol. The first-order chi connectivity index (χ1) is 14.1. The van der Waals surface area contributed by atoms with Crippen LogP contribution in [0.15, 0.2) is 18.2 Å². The zero-order valence-electron chi connectivity index (χ0n) is 18.0. The molecule has 1 atom stereocenters. The van der Waals surface area contributed by atoms with Gasteiger partial charge in [0.25, 0.3) is 0 Å². The Bertz CT molecular complexity index is 643. The van der Waals surface area contributed by atoms with Gasteiger partial charge in [-0.1, -0.05) is 6.07 Å². The van der Waals surface area contributed by atoms with E-state index < -0.39 is 6.10 Å². The number of hydrogen-bond donors (Lipinski definition) is 2. The van der Waals surface area contributed by atoms with Crippen LogP contribution in [0.4, 0.5) is 0 Å². The van der Waals surface area contributed by atoms with Crippen LogP contribution < -0.4 is 14.8 Å². The van der Waals surface area contributed by atoms with Crippen molar-refractivity contribution in [3.8, 4) is 11.5 Å². The van der Waals surface area contributed by atoms with Crippen LogP contribution in [-0.2, 0) is 6.54 Å². The van der Waals surface area contributed by atoms with E-state index >= 15 is 0 Å². The maximum atomic E-state index is 10.4. The number of likely N-dealkylation sites (N-methyl/N-ethyl adjacent to an activating group) is 1. The smallest absolute Gasteiger partial charge is 0.161 e. The van der Waals surface area contributed by atoms with E-state index in [2.05, 4.69) is 34.3 Å². The number of β-amino-alcohol motifs (C(OH)–C–C–N with tert-alkyl or cyclic N) is 1. The van der Waals surface area contributed by atoms with E-state index in [1.807, 2.05) is 6.07 Å². The number of piperazine rings is 1. The number of methoxy groups -OCH3 is 1. The molecule has 2 N–H and O–H groups in total. The number of aliphatic hydroxyl groups is 1. The fourth-order valence-electron chi connectivity index (χ4n) is 4.38. The molecule has 6 heteroatoms. The minimum atomic E-state index is -0.501. The van der Waals surface area contributed by atoms with Crippen molar-refractivity contribution in [2.75, 3.05) is 53.5 Å². The number of benzene rings is 1. The summed E-state index contributed by atoms with van der Waals surface area (Å²) in [5.74, 6) is 3.22. The standard InChI is InChI=1S/C23H37N3O3/c1-25-9-11-26(12-10-25)15-20(27)16-29-22-13-17(3-8-21(22)28-2)14-24-23(18-4-5-18)19-6-7-19/h3,8,13,18-20,23-24,27H,4-7,9-12,14-16H2,1-2H3. The second kappa shape index (κ2) is 9.65. The molecule has 1 aromatic rings. The van der Waals surface area contributed by atoms with Crippen LogP contribution in [0.5, 0.6) is 11.5 Å². The first kappa shape index (κ1) is 20.9. The molecule has 29 heavy (non-hydrogen) atoms. The Morgan fingerprint density at radius 1 is 1.07 bits per heavy atom. The average molecular weight is 404 g/mol. The molecule has 0 aromatic heterocycles. The quantitative estimate of drug-likeness (QED) is 0.589. The molecule has 162 valence electrons. The van der Waals surface area contributed by atoms with Crippen molar-refractivity contribution in [3.63, 3.8) is 0 Å². The molecule has 3 aliphatic rings. The maximum Gasteiger partial charge on any atom is 0.161 e. The highest BCUT2D eigenvalue weighted by Crippen LogP contribution is 2.44. The van der Waals surface area contributed by atoms with Crippen LogP contribution in [0.2, 0.25) is 0 Å². The summed E-state index contributed by atoms with van der Waals surface area (Å²) in [6.45, 7) is 5.91. The van der Waals surface area contributed by atoms with Gasteiger partial charge in [0.2, 0.25) is 0 Å². The normalized spacial score (nSPS) is 22.1. The molecule has 1 unspecified atom stereocenters. The van der Waals surface area contributed by atoms with Gasteiger partial charge in [-0.25, -0.2) is 0 Å². The minimum absolute atomic E-state index is 0.284. The molecule has 3 fully saturated rings. The first-order valence-corrected chi connectivity index (χ1v) is 11.2. The van der Waals surface area contributed by atoms with Gasteiger partial charge in [0.05, 0.1) is 7.11 Å². The topological polar surface area (TPSA) is 57.2 Å². The van der Waals surface area contributed by atoms with Gasteiger partial charge in [0, 0.05) is 45.3 Å². The number of nitrogens with zero attached hydrogens (tertiary/aromatic N) is 2. The highest BCUT2D eigenvalue weighted by molar-refractivity contribution is 5.43. The number of rotatable bonds is 11. The molecule has 1 aliphatic heterocycles. The Kier molecular flexibility index (Phi) is 6.96. The van der Waals surface area contributed by atoms with Gasteiger partial charge in [-0.2, -0.15) is 0 Å². The van der Waals surface area contributed by atoms with E-state index in [1.165, 1.54) is 31.2 Å². The fraction of sp³-hybridized carbons (Fsp3) is 0.739. The first-order valence-electron chi connectivity index (χ1n) is 11.2. The van der Waals surface area contributed by atoms with Gasteiger partial charge >= 0.3 is 0 Å². The molecular formula is C23H37N3O3. The van der Waals surface area contributed by atoms with E-state index in [0.717, 1.165) is 56.1 Å². The predicted octanol–water partition coefficient (Wildman–Crippen LogP) is 1.96. The zero-order valence-corrected chi connectivity index (χ0v) is 18.0. The lowest BCUT2D eigenvalue weighted by atomic mass is 10.1. The molecule has 0 spiro atoms. The summed E-state index contributed by atoms with van der Waals surface area (Å²) in [6.07, 6.45) is 5.04. The lowest BCUT2D eigenvalue weighted by molar-refractivity contribution is 0.0497. The van der Waals surface area contributed by atoms with Crippen molar-refractivity contribution in [1.82, 2.24) is 15.1 Å². The number of nitrogens with one attached hydrogen (secondary N) is 1. The van der Waals surface area contributed by atoms with Gasteiger partial charge in [-0.05, 0) is 62.3 Å². The summed E-state index contributed by atoms with van der Waals surface area (Å²) < 4.78 is 11.5. The van der Waals surface area contributed by atoms with Crippen LogP contribution in [0.1, 0.15) is 31.2 Å². The van der Waals surface area contributed by atoms with Gasteiger partial charge in [0.15, 0.2) is 11.5 Å². The average Bonchev–Trinajstić information content (AvgIpc) is 3.62. The van der Waals surface area contributed by atoms with Crippen molar-refractivity contribution in [3.05, 3.63) is 23.8 Å². The fourth-order valence-corrected chi connectivity index (χ4v) is 4.38. The van der Waals surface area contributed by atoms with Gasteiger partial charge in [0.1, 0.15) is 12.7 Å². The van der Waals surface area contributed by atoms with Gasteiger partial charge < -0.3 is 24.8 Å². The minimum Gasteiger partial charge on any atom is -0.493 e. The third-order valence-corrected chi connectivity index (χ3v) is 6.53. The summed E-state index contributed by atoms with van der Waals surface area (Å²) in [5, 5.41) is 14.2. The molecule has 2 aliphatic carbocycles. The molecule has 4 rings (SSSR count). The van der Waals surface area contributed by atoms with Crippen LogP contribution in [-0.4, -0.2) is 80.5 Å². The van der Waals surface area contributed by atoms with E-state index in [4.69, 9.17) is 9.47 Å². The van der Waals surface area contributed by atoms with Crippen LogP contribution >= 0.6 is 0 Å². The number of ether oxygens (including phenoxy) is 2. The summed E-state index contributed by atoms with van der Waals surface area (Å²) in [6, 6.07) is 6.83. The Morgan fingerprint density at radius 2 is 1.76 bits per heavy atom. The number of hydrogen-bond acceptors (Lipinski definition) is 6. The second-order valence-corrected chi connectivity index (χ2v) is 9.14. The molecule has 1 heterocycles. The maximum absolute atomic E-state index is 10.4. The van der Waals surface area contributed by atoms with Crippen molar-refractivity contribution >= 4 is 0 Å². The van der Waals surface area contributed by atoms with Crippen molar-refractivity contribution in [2.24, 2.45) is 11.8 Å². The predicted molar refractivity (Wildman–Crippen MR) is 115 cm³/mol. The lowest BCUT2D eigenvalue weighted by Gasteiger charge is -2.33. The molecule has 1 aromatic carbocycles. The highest BCUT2D eigenvalue weighted by atomic mass is 16.5. The Hall–Kier alpha value is -1.34. The Morgan fingerprint density at radius 3 is 2.38 bits per heavy atom. The van der Waals surface area contributed by atoms with Crippen molar-refractivity contribution in [2.45, 2.75) is 44.4 Å². The zero-order chi connectivity index (χ0) is 20.2. The summed E-state index contributed by atoms with van der Waals surface area (Å²) in [5.41, 5.74) is 1.21. The van der Waals surface area contributed by atoms with Crippen LogP contribution in [0, 0.1) is 11.8 Å². The largest absolute Gasteiger partial charge is 0.493 e.